The topological polar surface area (TPSA) is 92.8 Å². The number of ether oxygens (including phenoxy) is 1. The fourth-order valence-corrected chi connectivity index (χ4v) is 2.44. The molecule has 0 radical (unpaired) electrons. The van der Waals surface area contributed by atoms with Gasteiger partial charge in [0.1, 0.15) is 5.54 Å². The van der Waals surface area contributed by atoms with Gasteiger partial charge in [-0.3, -0.25) is 19.3 Å². The third-order valence-electron chi connectivity index (χ3n) is 4.18. The highest BCUT2D eigenvalue weighted by Crippen LogP contribution is 2.17. The smallest absolute Gasteiger partial charge is 0.325 e. The molecule has 1 saturated heterocycles. The van der Waals surface area contributed by atoms with Crippen molar-refractivity contribution in [3.63, 3.8) is 0 Å². The first-order chi connectivity index (χ1) is 11.6. The average molecular weight is 346 g/mol. The van der Waals surface area contributed by atoms with E-state index in [1.54, 1.807) is 26.0 Å². The first-order valence-electron chi connectivity index (χ1n) is 8.02. The van der Waals surface area contributed by atoms with E-state index in [1.165, 1.54) is 0 Å². The molecular formula is C18H22N2O5. The number of aryl methyl sites for hydroxylation is 2. The number of rotatable bonds is 6. The summed E-state index contributed by atoms with van der Waals surface area (Å²) in [5, 5.41) is 2.53. The number of benzene rings is 1. The van der Waals surface area contributed by atoms with Crippen molar-refractivity contribution >= 4 is 23.7 Å². The van der Waals surface area contributed by atoms with Gasteiger partial charge in [-0.2, -0.15) is 0 Å². The molecule has 0 bridgehead atoms. The summed E-state index contributed by atoms with van der Waals surface area (Å²) in [5.74, 6) is -1.33. The number of nitrogens with zero attached hydrogens (tertiary/aromatic N) is 1. The van der Waals surface area contributed by atoms with Gasteiger partial charge in [0.15, 0.2) is 12.4 Å². The van der Waals surface area contributed by atoms with Gasteiger partial charge in [-0.25, -0.2) is 4.79 Å². The Hall–Kier alpha value is -2.70. The zero-order valence-electron chi connectivity index (χ0n) is 14.8. The lowest BCUT2D eigenvalue weighted by Crippen LogP contribution is -2.40. The van der Waals surface area contributed by atoms with Crippen LogP contribution in [0.15, 0.2) is 18.2 Å². The van der Waals surface area contributed by atoms with Crippen LogP contribution in [0.25, 0.3) is 0 Å². The van der Waals surface area contributed by atoms with Crippen molar-refractivity contribution < 1.29 is 23.9 Å². The molecule has 1 aliphatic rings. The van der Waals surface area contributed by atoms with Crippen molar-refractivity contribution in [2.75, 3.05) is 13.2 Å². The molecule has 0 spiro atoms. The number of nitrogens with one attached hydrogen (secondary N) is 1. The fourth-order valence-electron chi connectivity index (χ4n) is 2.44. The minimum Gasteiger partial charge on any atom is -0.457 e. The largest absolute Gasteiger partial charge is 0.457 e. The van der Waals surface area contributed by atoms with Gasteiger partial charge in [-0.1, -0.05) is 12.1 Å². The Morgan fingerprint density at radius 2 is 1.84 bits per heavy atom. The van der Waals surface area contributed by atoms with Gasteiger partial charge in [0, 0.05) is 12.1 Å². The molecule has 1 aromatic carbocycles. The van der Waals surface area contributed by atoms with E-state index >= 15 is 0 Å². The number of carbonyl (C=O) groups is 4. The summed E-state index contributed by atoms with van der Waals surface area (Å²) in [6, 6.07) is 4.74. The molecule has 3 amide bonds. The highest BCUT2D eigenvalue weighted by molar-refractivity contribution is 6.06. The molecule has 1 aromatic rings. The fraction of sp³-hybridized carbons (Fsp3) is 0.444. The highest BCUT2D eigenvalue weighted by Gasteiger charge is 2.44. The van der Waals surface area contributed by atoms with E-state index in [0.29, 0.717) is 5.56 Å². The summed E-state index contributed by atoms with van der Waals surface area (Å²) in [5.41, 5.74) is 1.57. The lowest BCUT2D eigenvalue weighted by molar-refractivity contribution is -0.143. The number of esters is 1. The molecular weight excluding hydrogens is 324 g/mol. The van der Waals surface area contributed by atoms with E-state index in [-0.39, 0.29) is 25.4 Å². The van der Waals surface area contributed by atoms with Crippen molar-refractivity contribution in [3.8, 4) is 0 Å². The summed E-state index contributed by atoms with van der Waals surface area (Å²) in [6.07, 6.45) is -0.157. The Morgan fingerprint density at radius 1 is 1.16 bits per heavy atom. The highest BCUT2D eigenvalue weighted by atomic mass is 16.5. The van der Waals surface area contributed by atoms with E-state index in [0.717, 1.165) is 16.0 Å². The van der Waals surface area contributed by atoms with Crippen LogP contribution in [0.3, 0.4) is 0 Å². The molecule has 1 N–H and O–H groups in total. The molecule has 1 fully saturated rings. The first-order valence-corrected chi connectivity index (χ1v) is 8.02. The van der Waals surface area contributed by atoms with E-state index in [4.69, 9.17) is 4.74 Å². The van der Waals surface area contributed by atoms with Crippen molar-refractivity contribution in [1.29, 1.82) is 0 Å². The lowest BCUT2D eigenvalue weighted by Gasteiger charge is -2.15. The molecule has 0 aromatic heterocycles. The number of hydrogen-bond donors (Lipinski definition) is 1. The van der Waals surface area contributed by atoms with Crippen molar-refractivity contribution in [3.05, 3.63) is 34.9 Å². The number of imide groups is 1. The van der Waals surface area contributed by atoms with Crippen LogP contribution in [-0.2, 0) is 14.3 Å². The van der Waals surface area contributed by atoms with Crippen LogP contribution >= 0.6 is 0 Å². The molecule has 0 atom stereocenters. The Bertz CT molecular complexity index is 739. The average Bonchev–Trinajstić information content (AvgIpc) is 2.73. The van der Waals surface area contributed by atoms with Crippen LogP contribution < -0.4 is 5.32 Å². The third-order valence-corrected chi connectivity index (χ3v) is 4.18. The molecule has 1 aliphatic heterocycles. The minimum atomic E-state index is -0.972. The second kappa shape index (κ2) is 7.04. The monoisotopic (exact) mass is 346 g/mol. The third kappa shape index (κ3) is 4.23. The first kappa shape index (κ1) is 18.6. The second-order valence-corrected chi connectivity index (χ2v) is 6.64. The summed E-state index contributed by atoms with van der Waals surface area (Å²) in [7, 11) is 0. The van der Waals surface area contributed by atoms with E-state index in [2.05, 4.69) is 5.32 Å². The molecule has 0 unspecified atom stereocenters. The van der Waals surface area contributed by atoms with Crippen LogP contribution in [0.2, 0.25) is 0 Å². The van der Waals surface area contributed by atoms with Crippen LogP contribution in [0, 0.1) is 13.8 Å². The molecule has 1 heterocycles. The van der Waals surface area contributed by atoms with Gasteiger partial charge >= 0.3 is 12.0 Å². The number of urea groups is 1. The Morgan fingerprint density at radius 3 is 2.40 bits per heavy atom. The molecule has 25 heavy (non-hydrogen) atoms. The molecule has 0 saturated carbocycles. The van der Waals surface area contributed by atoms with Crippen LogP contribution in [0.4, 0.5) is 4.79 Å². The quantitative estimate of drug-likeness (QED) is 0.481. The standard InChI is InChI=1S/C18H22N2O5/c1-11-5-6-13(9-12(11)2)14(21)10-25-15(22)7-8-20-16(23)18(3,4)19-17(20)24/h5-6,9H,7-8,10H2,1-4H3,(H,19,24). The van der Waals surface area contributed by atoms with E-state index < -0.39 is 23.4 Å². The lowest BCUT2D eigenvalue weighted by atomic mass is 10.0. The van der Waals surface area contributed by atoms with E-state index in [1.807, 2.05) is 19.9 Å². The van der Waals surface area contributed by atoms with Gasteiger partial charge in [0.2, 0.25) is 0 Å². The summed E-state index contributed by atoms with van der Waals surface area (Å²) in [4.78, 5) is 48.5. The van der Waals surface area contributed by atoms with Crippen LogP contribution in [-0.4, -0.2) is 47.3 Å². The predicted molar refractivity (Wildman–Crippen MR) is 90.1 cm³/mol. The number of Topliss-reactive ketones (excluding diaryl/α,β-unsaturated/α-hetero) is 1. The number of amides is 3. The Kier molecular flexibility index (Phi) is 5.25. The SMILES string of the molecule is Cc1ccc(C(=O)COC(=O)CCN2C(=O)NC(C)(C)C2=O)cc1C. The van der Waals surface area contributed by atoms with Gasteiger partial charge < -0.3 is 10.1 Å². The second-order valence-electron chi connectivity index (χ2n) is 6.64. The van der Waals surface area contributed by atoms with Gasteiger partial charge in [-0.15, -0.1) is 0 Å². The van der Waals surface area contributed by atoms with Crippen molar-refractivity contribution in [1.82, 2.24) is 10.2 Å². The Balaban J connectivity index is 1.83. The van der Waals surface area contributed by atoms with Gasteiger partial charge in [0.25, 0.3) is 5.91 Å². The van der Waals surface area contributed by atoms with Crippen molar-refractivity contribution in [2.45, 2.75) is 39.7 Å². The molecule has 2 rings (SSSR count). The Labute approximate surface area is 146 Å². The summed E-state index contributed by atoms with van der Waals surface area (Å²) >= 11 is 0. The molecule has 7 nitrogen and oxygen atoms in total. The molecule has 0 aliphatic carbocycles. The summed E-state index contributed by atoms with van der Waals surface area (Å²) < 4.78 is 4.95. The zero-order valence-corrected chi connectivity index (χ0v) is 14.8. The number of hydrogen-bond acceptors (Lipinski definition) is 5. The zero-order chi connectivity index (χ0) is 18.8. The maximum Gasteiger partial charge on any atom is 0.325 e. The van der Waals surface area contributed by atoms with E-state index in [9.17, 15) is 19.2 Å². The van der Waals surface area contributed by atoms with Crippen LogP contribution in [0.1, 0.15) is 41.8 Å². The minimum absolute atomic E-state index is 0.0786. The summed E-state index contributed by atoms with van der Waals surface area (Å²) in [6.45, 7) is 6.58. The number of carbonyl (C=O) groups excluding carboxylic acids is 4. The normalized spacial score (nSPS) is 15.9. The van der Waals surface area contributed by atoms with Gasteiger partial charge in [-0.05, 0) is 44.9 Å². The molecule has 7 heteroatoms. The maximum atomic E-state index is 12.1. The van der Waals surface area contributed by atoms with Crippen LogP contribution in [0.5, 0.6) is 0 Å². The number of ketones is 1. The predicted octanol–water partition coefficient (Wildman–Crippen LogP) is 1.75. The van der Waals surface area contributed by atoms with Crippen molar-refractivity contribution in [2.24, 2.45) is 0 Å². The van der Waals surface area contributed by atoms with Gasteiger partial charge in [0.05, 0.1) is 6.42 Å². The molecule has 134 valence electrons. The maximum absolute atomic E-state index is 12.1.